The fourth-order valence-electron chi connectivity index (χ4n) is 1.21. The molecule has 0 unspecified atom stereocenters. The van der Waals surface area contributed by atoms with Crippen LogP contribution >= 0.6 is 22.6 Å². The third kappa shape index (κ3) is 3.13. The van der Waals surface area contributed by atoms with Gasteiger partial charge in [0.05, 0.1) is 0 Å². The van der Waals surface area contributed by atoms with Gasteiger partial charge in [-0.1, -0.05) is 53.8 Å². The first kappa shape index (κ1) is 10.0. The maximum absolute atomic E-state index is 2.43. The van der Waals surface area contributed by atoms with Crippen molar-refractivity contribution < 1.29 is 0 Å². The van der Waals surface area contributed by atoms with E-state index in [1.807, 2.05) is 0 Å². The lowest BCUT2D eigenvalue weighted by Gasteiger charge is -2.00. The second kappa shape index (κ2) is 5.57. The number of halogens is 1. The van der Waals surface area contributed by atoms with Crippen LogP contribution in [0.3, 0.4) is 0 Å². The van der Waals surface area contributed by atoms with Crippen molar-refractivity contribution >= 4 is 22.6 Å². The summed E-state index contributed by atoms with van der Waals surface area (Å²) in [5, 5.41) is 0. The molecule has 0 fully saturated rings. The summed E-state index contributed by atoms with van der Waals surface area (Å²) in [5.41, 5.74) is 2.91. The predicted molar refractivity (Wildman–Crippen MR) is 63.0 cm³/mol. The normalized spacial score (nSPS) is 10.2. The second-order valence-corrected chi connectivity index (χ2v) is 4.04. The first-order chi connectivity index (χ1) is 5.86. The molecule has 1 heteroatoms. The molecule has 0 aromatic heterocycles. The van der Waals surface area contributed by atoms with E-state index < -0.39 is 0 Å². The molecule has 0 aliphatic heterocycles. The lowest BCUT2D eigenvalue weighted by atomic mass is 10.1. The molecular weight excluding hydrogens is 259 g/mol. The molecule has 0 bridgehead atoms. The van der Waals surface area contributed by atoms with Crippen molar-refractivity contribution in [2.24, 2.45) is 0 Å². The highest BCUT2D eigenvalue weighted by molar-refractivity contribution is 14.1. The van der Waals surface area contributed by atoms with E-state index >= 15 is 0 Å². The van der Waals surface area contributed by atoms with Gasteiger partial charge in [-0.05, 0) is 34.8 Å². The first-order valence-electron chi connectivity index (χ1n) is 4.50. The molecule has 0 aliphatic rings. The molecule has 0 heterocycles. The van der Waals surface area contributed by atoms with Crippen molar-refractivity contribution in [2.45, 2.75) is 26.2 Å². The molecule has 0 aliphatic carbocycles. The molecule has 12 heavy (non-hydrogen) atoms. The van der Waals surface area contributed by atoms with Crippen LogP contribution in [0.15, 0.2) is 24.3 Å². The van der Waals surface area contributed by atoms with Gasteiger partial charge in [0, 0.05) is 0 Å². The van der Waals surface area contributed by atoms with Crippen molar-refractivity contribution in [1.29, 1.82) is 0 Å². The summed E-state index contributed by atoms with van der Waals surface area (Å²) < 4.78 is 1.26. The Morgan fingerprint density at radius 1 is 1.08 bits per heavy atom. The zero-order chi connectivity index (χ0) is 8.81. The van der Waals surface area contributed by atoms with Gasteiger partial charge >= 0.3 is 0 Å². The van der Waals surface area contributed by atoms with Gasteiger partial charge in [-0.2, -0.15) is 0 Å². The lowest BCUT2D eigenvalue weighted by Crippen LogP contribution is -1.86. The van der Waals surface area contributed by atoms with Crippen molar-refractivity contribution in [3.8, 4) is 0 Å². The molecule has 0 saturated heterocycles. The SMILES string of the molecule is CCc1ccc(CCCI)cc1. The Labute approximate surface area is 88.5 Å². The summed E-state index contributed by atoms with van der Waals surface area (Å²) in [4.78, 5) is 0. The molecule has 1 aromatic carbocycles. The molecular formula is C11H15I. The number of rotatable bonds is 4. The van der Waals surface area contributed by atoms with Crippen molar-refractivity contribution in [2.75, 3.05) is 4.43 Å². The van der Waals surface area contributed by atoms with Crippen LogP contribution in [0, 0.1) is 0 Å². The summed E-state index contributed by atoms with van der Waals surface area (Å²) in [5.74, 6) is 0. The van der Waals surface area contributed by atoms with E-state index in [0.29, 0.717) is 0 Å². The van der Waals surface area contributed by atoms with E-state index in [2.05, 4.69) is 53.8 Å². The molecule has 0 radical (unpaired) electrons. The predicted octanol–water partition coefficient (Wildman–Crippen LogP) is 3.62. The molecule has 0 atom stereocenters. The molecule has 0 nitrogen and oxygen atoms in total. The number of benzene rings is 1. The fraction of sp³-hybridized carbons (Fsp3) is 0.455. The van der Waals surface area contributed by atoms with E-state index in [1.165, 1.54) is 28.4 Å². The van der Waals surface area contributed by atoms with Crippen LogP contribution in [-0.2, 0) is 12.8 Å². The maximum Gasteiger partial charge on any atom is -0.000156 e. The van der Waals surface area contributed by atoms with Crippen LogP contribution in [0.2, 0.25) is 0 Å². The van der Waals surface area contributed by atoms with Crippen molar-refractivity contribution in [1.82, 2.24) is 0 Å². The van der Waals surface area contributed by atoms with Crippen LogP contribution < -0.4 is 0 Å². The Morgan fingerprint density at radius 2 is 1.67 bits per heavy atom. The molecule has 0 amide bonds. The van der Waals surface area contributed by atoms with Crippen LogP contribution in [0.1, 0.15) is 24.5 Å². The standard InChI is InChI=1S/C11H15I/c1-2-10-5-7-11(8-6-10)4-3-9-12/h5-8H,2-4,9H2,1H3. The summed E-state index contributed by atoms with van der Waals surface area (Å²) in [6, 6.07) is 8.99. The second-order valence-electron chi connectivity index (χ2n) is 2.96. The molecule has 1 rings (SSSR count). The van der Waals surface area contributed by atoms with Crippen molar-refractivity contribution in [3.63, 3.8) is 0 Å². The van der Waals surface area contributed by atoms with E-state index in [-0.39, 0.29) is 0 Å². The van der Waals surface area contributed by atoms with E-state index in [0.717, 1.165) is 6.42 Å². The van der Waals surface area contributed by atoms with E-state index in [1.54, 1.807) is 0 Å². The summed E-state index contributed by atoms with van der Waals surface area (Å²) in [6.07, 6.45) is 3.67. The molecule has 0 N–H and O–H groups in total. The van der Waals surface area contributed by atoms with Crippen LogP contribution in [0.25, 0.3) is 0 Å². The van der Waals surface area contributed by atoms with Gasteiger partial charge in [-0.25, -0.2) is 0 Å². The van der Waals surface area contributed by atoms with E-state index in [9.17, 15) is 0 Å². The van der Waals surface area contributed by atoms with Gasteiger partial charge < -0.3 is 0 Å². The minimum absolute atomic E-state index is 1.15. The van der Waals surface area contributed by atoms with E-state index in [4.69, 9.17) is 0 Å². The summed E-state index contributed by atoms with van der Waals surface area (Å²) >= 11 is 2.43. The molecule has 1 aromatic rings. The number of aryl methyl sites for hydroxylation is 2. The third-order valence-corrected chi connectivity index (χ3v) is 2.79. The van der Waals surface area contributed by atoms with Gasteiger partial charge in [-0.3, -0.25) is 0 Å². The number of alkyl halides is 1. The Hall–Kier alpha value is -0.0500. The highest BCUT2D eigenvalue weighted by atomic mass is 127. The molecule has 0 saturated carbocycles. The van der Waals surface area contributed by atoms with Gasteiger partial charge in [0.1, 0.15) is 0 Å². The smallest absolute Gasteiger partial charge is 0.000156 e. The van der Waals surface area contributed by atoms with Gasteiger partial charge in [0.2, 0.25) is 0 Å². The lowest BCUT2D eigenvalue weighted by molar-refractivity contribution is 0.943. The van der Waals surface area contributed by atoms with Crippen LogP contribution in [-0.4, -0.2) is 4.43 Å². The quantitative estimate of drug-likeness (QED) is 0.581. The highest BCUT2D eigenvalue weighted by Gasteiger charge is 1.92. The minimum Gasteiger partial charge on any atom is -0.0864 e. The average Bonchev–Trinajstić information content (AvgIpc) is 2.15. The first-order valence-corrected chi connectivity index (χ1v) is 6.03. The largest absolute Gasteiger partial charge is 0.0864 e. The van der Waals surface area contributed by atoms with Gasteiger partial charge in [-0.15, -0.1) is 0 Å². The number of hydrogen-bond donors (Lipinski definition) is 0. The molecule has 66 valence electrons. The summed E-state index contributed by atoms with van der Waals surface area (Å²) in [7, 11) is 0. The Bertz CT molecular complexity index is 213. The zero-order valence-electron chi connectivity index (χ0n) is 7.52. The molecule has 0 spiro atoms. The topological polar surface area (TPSA) is 0 Å². The Morgan fingerprint density at radius 3 is 2.17 bits per heavy atom. The average molecular weight is 274 g/mol. The number of hydrogen-bond acceptors (Lipinski definition) is 0. The summed E-state index contributed by atoms with van der Waals surface area (Å²) in [6.45, 7) is 2.19. The Balaban J connectivity index is 2.53. The van der Waals surface area contributed by atoms with Gasteiger partial charge in [0.15, 0.2) is 0 Å². The van der Waals surface area contributed by atoms with Crippen molar-refractivity contribution in [3.05, 3.63) is 35.4 Å². The maximum atomic E-state index is 2.43. The minimum atomic E-state index is 1.15. The highest BCUT2D eigenvalue weighted by Crippen LogP contribution is 2.07. The Kier molecular flexibility index (Phi) is 4.66. The van der Waals surface area contributed by atoms with Gasteiger partial charge in [0.25, 0.3) is 0 Å². The monoisotopic (exact) mass is 274 g/mol. The zero-order valence-corrected chi connectivity index (χ0v) is 9.67. The van der Waals surface area contributed by atoms with Crippen LogP contribution in [0.4, 0.5) is 0 Å². The van der Waals surface area contributed by atoms with Crippen LogP contribution in [0.5, 0.6) is 0 Å². The third-order valence-electron chi connectivity index (χ3n) is 2.03. The fourth-order valence-corrected chi connectivity index (χ4v) is 1.59.